The molecule has 2 aliphatic rings. The molecule has 0 bridgehead atoms. The molecule has 0 spiro atoms. The summed E-state index contributed by atoms with van der Waals surface area (Å²) < 4.78 is 11.8. The zero-order chi connectivity index (χ0) is 43.6. The molecule has 0 atom stereocenters. The number of fused-ring (bicyclic) bond motifs is 14. The molecule has 3 aromatic heterocycles. The van der Waals surface area contributed by atoms with E-state index in [-0.39, 0.29) is 16.2 Å². The average Bonchev–Trinajstić information content (AvgIpc) is 3.98. The molecular weight excluding hydrogens is 796 g/mol. The first-order chi connectivity index (χ1) is 30.7. The quantitative estimate of drug-likeness (QED) is 0.180. The number of aromatic nitrogens is 1. The third kappa shape index (κ3) is 5.34. The SMILES string of the molecule is CC(C)(C)c1ccc(Nc2cc3sc4cc(C(C)(C)C)ccc4c3cc2-c2ccc3c4cc5c(cc4n4c3c2Bc2cc3oc6ccccc6c3cc2-4)C(C)(C)c2ccccc2-5)cc1. The van der Waals surface area contributed by atoms with Gasteiger partial charge in [-0.1, -0.05) is 140 Å². The van der Waals surface area contributed by atoms with E-state index in [1.54, 1.807) is 0 Å². The Hall–Kier alpha value is -6.56. The normalized spacial score (nSPS) is 14.2. The largest absolute Gasteiger partial charge is 0.456 e. The Kier molecular flexibility index (Phi) is 7.59. The highest BCUT2D eigenvalue weighted by Gasteiger charge is 2.37. The molecule has 64 heavy (non-hydrogen) atoms. The van der Waals surface area contributed by atoms with E-state index in [9.17, 15) is 0 Å². The second-order valence-electron chi connectivity index (χ2n) is 21.1. The van der Waals surface area contributed by atoms with Gasteiger partial charge in [0.2, 0.25) is 0 Å². The van der Waals surface area contributed by atoms with E-state index < -0.39 is 0 Å². The molecule has 0 saturated carbocycles. The lowest BCUT2D eigenvalue weighted by Crippen LogP contribution is -2.37. The van der Waals surface area contributed by atoms with Crippen LogP contribution < -0.4 is 16.2 Å². The van der Waals surface area contributed by atoms with Crippen LogP contribution in [0.2, 0.25) is 0 Å². The minimum absolute atomic E-state index is 0.0709. The lowest BCUT2D eigenvalue weighted by atomic mass is 9.59. The summed E-state index contributed by atoms with van der Waals surface area (Å²) in [5.41, 5.74) is 21.1. The van der Waals surface area contributed by atoms with E-state index in [1.165, 1.54) is 103 Å². The van der Waals surface area contributed by atoms with Gasteiger partial charge >= 0.3 is 0 Å². The lowest BCUT2D eigenvalue weighted by Gasteiger charge is -2.25. The van der Waals surface area contributed by atoms with Gasteiger partial charge in [-0.3, -0.25) is 0 Å². The van der Waals surface area contributed by atoms with E-state index in [0.29, 0.717) is 0 Å². The van der Waals surface area contributed by atoms with Gasteiger partial charge in [0.1, 0.15) is 11.2 Å². The first kappa shape index (κ1) is 38.0. The third-order valence-electron chi connectivity index (χ3n) is 14.7. The molecule has 11 aromatic rings. The van der Waals surface area contributed by atoms with Crippen LogP contribution in [0.3, 0.4) is 0 Å². The van der Waals surface area contributed by atoms with Crippen molar-refractivity contribution in [2.75, 3.05) is 5.32 Å². The number of nitrogens with one attached hydrogen (secondary N) is 1. The fourth-order valence-corrected chi connectivity index (χ4v) is 12.4. The Balaban J connectivity index is 1.11. The molecule has 4 heterocycles. The number of thiophene rings is 1. The third-order valence-corrected chi connectivity index (χ3v) is 15.8. The fraction of sp³-hybridized carbons (Fsp3) is 0.186. The zero-order valence-corrected chi connectivity index (χ0v) is 38.6. The summed E-state index contributed by atoms with van der Waals surface area (Å²) in [7, 11) is 0.788. The van der Waals surface area contributed by atoms with Crippen molar-refractivity contribution < 1.29 is 4.42 Å². The molecule has 8 aromatic carbocycles. The Morgan fingerprint density at radius 2 is 1.27 bits per heavy atom. The van der Waals surface area contributed by atoms with Gasteiger partial charge in [-0.2, -0.15) is 0 Å². The number of nitrogens with zero attached hydrogens (tertiary/aromatic N) is 1. The van der Waals surface area contributed by atoms with Crippen LogP contribution in [-0.4, -0.2) is 11.8 Å². The molecule has 1 N–H and O–H groups in total. The molecule has 0 saturated heterocycles. The number of anilines is 2. The Morgan fingerprint density at radius 3 is 2.08 bits per heavy atom. The minimum Gasteiger partial charge on any atom is -0.456 e. The predicted molar refractivity (Wildman–Crippen MR) is 277 cm³/mol. The van der Waals surface area contributed by atoms with Gasteiger partial charge in [0, 0.05) is 75.3 Å². The van der Waals surface area contributed by atoms with E-state index in [2.05, 4.69) is 205 Å². The van der Waals surface area contributed by atoms with Crippen LogP contribution in [-0.2, 0) is 16.2 Å². The van der Waals surface area contributed by atoms with Gasteiger partial charge < -0.3 is 14.3 Å². The molecule has 5 heteroatoms. The molecule has 1 aliphatic heterocycles. The van der Waals surface area contributed by atoms with E-state index in [4.69, 9.17) is 4.42 Å². The molecule has 0 radical (unpaired) electrons. The summed E-state index contributed by atoms with van der Waals surface area (Å²) in [6.45, 7) is 18.5. The highest BCUT2D eigenvalue weighted by atomic mass is 32.1. The summed E-state index contributed by atoms with van der Waals surface area (Å²) in [6, 6.07) is 53.1. The lowest BCUT2D eigenvalue weighted by molar-refractivity contribution is 0.590. The number of hydrogen-bond acceptors (Lipinski definition) is 3. The number of para-hydroxylation sites is 1. The van der Waals surface area contributed by atoms with E-state index in [0.717, 1.165) is 40.6 Å². The van der Waals surface area contributed by atoms with Crippen molar-refractivity contribution in [3.63, 3.8) is 0 Å². The van der Waals surface area contributed by atoms with Crippen molar-refractivity contribution in [1.29, 1.82) is 0 Å². The first-order valence-electron chi connectivity index (χ1n) is 22.8. The summed E-state index contributed by atoms with van der Waals surface area (Å²) in [4.78, 5) is 0. The van der Waals surface area contributed by atoms with Crippen molar-refractivity contribution >= 4 is 105 Å². The van der Waals surface area contributed by atoms with Crippen molar-refractivity contribution in [2.45, 2.75) is 71.6 Å². The number of benzene rings is 8. The van der Waals surface area contributed by atoms with Crippen LogP contribution in [0.5, 0.6) is 0 Å². The summed E-state index contributed by atoms with van der Waals surface area (Å²) >= 11 is 1.90. The van der Waals surface area contributed by atoms with Gasteiger partial charge in [0.25, 0.3) is 0 Å². The smallest absolute Gasteiger partial charge is 0.198 e. The van der Waals surface area contributed by atoms with Crippen molar-refractivity contribution in [2.24, 2.45) is 0 Å². The predicted octanol–water partition coefficient (Wildman–Crippen LogP) is 15.1. The number of furan rings is 1. The van der Waals surface area contributed by atoms with Gasteiger partial charge in [-0.25, -0.2) is 0 Å². The highest BCUT2D eigenvalue weighted by Crippen LogP contribution is 2.52. The molecule has 1 aliphatic carbocycles. The summed E-state index contributed by atoms with van der Waals surface area (Å²) in [6.07, 6.45) is 0. The average molecular weight is 845 g/mol. The maximum atomic E-state index is 6.59. The van der Waals surface area contributed by atoms with Crippen molar-refractivity contribution in [1.82, 2.24) is 4.57 Å². The maximum absolute atomic E-state index is 6.59. The summed E-state index contributed by atoms with van der Waals surface area (Å²) in [5, 5.41) is 11.5. The van der Waals surface area contributed by atoms with E-state index >= 15 is 0 Å². The Bertz CT molecular complexity index is 3830. The minimum atomic E-state index is -0.120. The van der Waals surface area contributed by atoms with Crippen LogP contribution in [0.25, 0.3) is 91.9 Å². The van der Waals surface area contributed by atoms with Gasteiger partial charge in [-0.15, -0.1) is 11.3 Å². The first-order valence-corrected chi connectivity index (χ1v) is 23.6. The van der Waals surface area contributed by atoms with E-state index in [1.807, 2.05) is 11.3 Å². The molecule has 310 valence electrons. The number of hydrogen-bond donors (Lipinski definition) is 1. The molecule has 3 nitrogen and oxygen atoms in total. The second kappa shape index (κ2) is 12.8. The summed E-state index contributed by atoms with van der Waals surface area (Å²) in [5.74, 6) is 0. The monoisotopic (exact) mass is 844 g/mol. The van der Waals surface area contributed by atoms with Crippen molar-refractivity contribution in [3.8, 4) is 27.9 Å². The van der Waals surface area contributed by atoms with Gasteiger partial charge in [-0.05, 0) is 116 Å². The number of rotatable bonds is 3. The van der Waals surface area contributed by atoms with Crippen LogP contribution in [0.1, 0.15) is 77.6 Å². The second-order valence-corrected chi connectivity index (χ2v) is 22.2. The Morgan fingerprint density at radius 1 is 0.547 bits per heavy atom. The maximum Gasteiger partial charge on any atom is 0.198 e. The standard InChI is InChI=1S/C59H49BN2OS/c1-57(2,3)32-17-20-34(21-18-32)61-48-31-54-44(37-22-19-33(58(4,5)6)25-53(37)64-54)27-41(48)38-23-24-39-42-26-40-35-13-9-11-15-45(35)59(7,8)46(40)29-49(42)62-50-28-43-36-14-10-12-16-51(36)63-52(43)30-47(50)60-55(38)56(39)62/h9-31,60-61H,1-8H3. The van der Waals surface area contributed by atoms with Gasteiger partial charge in [0.15, 0.2) is 7.28 Å². The Labute approximate surface area is 378 Å². The molecular formula is C59H49BN2OS. The van der Waals surface area contributed by atoms with Crippen LogP contribution in [0.15, 0.2) is 144 Å². The topological polar surface area (TPSA) is 30.1 Å². The highest BCUT2D eigenvalue weighted by molar-refractivity contribution is 7.25. The van der Waals surface area contributed by atoms with Gasteiger partial charge in [0.05, 0.1) is 5.52 Å². The molecule has 0 amide bonds. The zero-order valence-electron chi connectivity index (χ0n) is 37.7. The molecule has 0 unspecified atom stereocenters. The van der Waals surface area contributed by atoms with Crippen LogP contribution >= 0.6 is 11.3 Å². The van der Waals surface area contributed by atoms with Crippen LogP contribution in [0, 0.1) is 0 Å². The fourth-order valence-electron chi connectivity index (χ4n) is 11.2. The molecule has 0 fully saturated rings. The molecule has 13 rings (SSSR count). The van der Waals surface area contributed by atoms with Crippen LogP contribution in [0.4, 0.5) is 11.4 Å². The van der Waals surface area contributed by atoms with Crippen molar-refractivity contribution in [3.05, 3.63) is 162 Å².